The molecule has 4 nitrogen and oxygen atoms in total. The number of benzene rings is 1. The summed E-state index contributed by atoms with van der Waals surface area (Å²) in [5, 5.41) is 12.2. The highest BCUT2D eigenvalue weighted by Gasteiger charge is 2.22. The molecule has 4 heteroatoms. The van der Waals surface area contributed by atoms with Gasteiger partial charge in [-0.25, -0.2) is 0 Å². The second-order valence-electron chi connectivity index (χ2n) is 4.95. The molecule has 2 unspecified atom stereocenters. The highest BCUT2D eigenvalue weighted by Crippen LogP contribution is 2.32. The van der Waals surface area contributed by atoms with E-state index in [1.165, 1.54) is 0 Å². The lowest BCUT2D eigenvalue weighted by Gasteiger charge is -2.25. The number of nitrogens with one attached hydrogen (secondary N) is 1. The van der Waals surface area contributed by atoms with Gasteiger partial charge >= 0.3 is 5.97 Å². The number of rotatable bonds is 6. The molecule has 0 bridgehead atoms. The van der Waals surface area contributed by atoms with Crippen LogP contribution in [0.5, 0.6) is 5.75 Å². The highest BCUT2D eigenvalue weighted by atomic mass is 16.5. The second-order valence-corrected chi connectivity index (χ2v) is 4.95. The SMILES string of the molecule is CNC(c1ccc(OC)c(C)c1C)C(C)CC(=O)O. The van der Waals surface area contributed by atoms with E-state index in [4.69, 9.17) is 9.84 Å². The lowest BCUT2D eigenvalue weighted by atomic mass is 9.88. The fourth-order valence-electron chi connectivity index (χ4n) is 2.51. The molecule has 0 spiro atoms. The van der Waals surface area contributed by atoms with Crippen molar-refractivity contribution in [2.75, 3.05) is 14.2 Å². The normalized spacial score (nSPS) is 13.9. The van der Waals surface area contributed by atoms with Crippen LogP contribution in [-0.4, -0.2) is 25.2 Å². The number of aliphatic carboxylic acids is 1. The molecule has 2 N–H and O–H groups in total. The molecule has 19 heavy (non-hydrogen) atoms. The van der Waals surface area contributed by atoms with Crippen LogP contribution in [0, 0.1) is 19.8 Å². The molecule has 1 aromatic carbocycles. The Morgan fingerprint density at radius 2 is 2.00 bits per heavy atom. The Labute approximate surface area is 114 Å². The van der Waals surface area contributed by atoms with E-state index in [-0.39, 0.29) is 18.4 Å². The van der Waals surface area contributed by atoms with Crippen LogP contribution in [0.15, 0.2) is 12.1 Å². The Bertz CT molecular complexity index is 457. The molecule has 0 saturated heterocycles. The molecule has 1 aromatic rings. The number of carboxylic acids is 1. The Morgan fingerprint density at radius 1 is 1.37 bits per heavy atom. The van der Waals surface area contributed by atoms with Crippen molar-refractivity contribution in [2.24, 2.45) is 5.92 Å². The first-order chi connectivity index (χ1) is 8.92. The van der Waals surface area contributed by atoms with Crippen molar-refractivity contribution >= 4 is 5.97 Å². The van der Waals surface area contributed by atoms with Gasteiger partial charge < -0.3 is 15.2 Å². The predicted molar refractivity (Wildman–Crippen MR) is 75.7 cm³/mol. The van der Waals surface area contributed by atoms with E-state index in [0.29, 0.717) is 0 Å². The molecule has 2 atom stereocenters. The molecule has 0 saturated carbocycles. The van der Waals surface area contributed by atoms with Gasteiger partial charge in [-0.3, -0.25) is 4.79 Å². The van der Waals surface area contributed by atoms with Crippen molar-refractivity contribution < 1.29 is 14.6 Å². The molecular weight excluding hydrogens is 242 g/mol. The molecule has 0 radical (unpaired) electrons. The average Bonchev–Trinajstić information content (AvgIpc) is 2.34. The molecule has 0 aliphatic heterocycles. The number of carbonyl (C=O) groups is 1. The van der Waals surface area contributed by atoms with Gasteiger partial charge in [0.1, 0.15) is 5.75 Å². The Hall–Kier alpha value is -1.55. The standard InChI is InChI=1S/C15H23NO3/c1-9(8-14(17)18)15(16-4)12-6-7-13(19-5)11(3)10(12)2/h6-7,9,15-16H,8H2,1-5H3,(H,17,18). The summed E-state index contributed by atoms with van der Waals surface area (Å²) in [5.41, 5.74) is 3.38. The van der Waals surface area contributed by atoms with Gasteiger partial charge in [0.2, 0.25) is 0 Å². The molecule has 106 valence electrons. The van der Waals surface area contributed by atoms with Gasteiger partial charge in [-0.2, -0.15) is 0 Å². The topological polar surface area (TPSA) is 58.6 Å². The smallest absolute Gasteiger partial charge is 0.303 e. The van der Waals surface area contributed by atoms with Crippen molar-refractivity contribution in [3.63, 3.8) is 0 Å². The van der Waals surface area contributed by atoms with E-state index in [0.717, 1.165) is 22.4 Å². The summed E-state index contributed by atoms with van der Waals surface area (Å²) in [6.45, 7) is 6.02. The third-order valence-electron chi connectivity index (χ3n) is 3.71. The zero-order valence-corrected chi connectivity index (χ0v) is 12.3. The summed E-state index contributed by atoms with van der Waals surface area (Å²) in [5.74, 6) is 0.117. The molecule has 1 rings (SSSR count). The van der Waals surface area contributed by atoms with Crippen molar-refractivity contribution in [2.45, 2.75) is 33.2 Å². The molecular formula is C15H23NO3. The van der Waals surface area contributed by atoms with Crippen molar-refractivity contribution in [3.8, 4) is 5.75 Å². The van der Waals surface area contributed by atoms with E-state index in [1.807, 2.05) is 40.0 Å². The van der Waals surface area contributed by atoms with Crippen molar-refractivity contribution in [3.05, 3.63) is 28.8 Å². The maximum Gasteiger partial charge on any atom is 0.303 e. The van der Waals surface area contributed by atoms with Crippen LogP contribution in [0.4, 0.5) is 0 Å². The van der Waals surface area contributed by atoms with Crippen LogP contribution >= 0.6 is 0 Å². The number of carboxylic acid groups (broad SMARTS) is 1. The molecule has 0 aliphatic rings. The van der Waals surface area contributed by atoms with E-state index in [9.17, 15) is 4.79 Å². The first-order valence-electron chi connectivity index (χ1n) is 6.45. The Balaban J connectivity index is 3.12. The maximum atomic E-state index is 10.9. The van der Waals surface area contributed by atoms with Crippen LogP contribution in [0.3, 0.4) is 0 Å². The summed E-state index contributed by atoms with van der Waals surface area (Å²) < 4.78 is 5.30. The fourth-order valence-corrected chi connectivity index (χ4v) is 2.51. The monoisotopic (exact) mass is 265 g/mol. The Kier molecular flexibility index (Phi) is 5.36. The van der Waals surface area contributed by atoms with Crippen LogP contribution in [0.2, 0.25) is 0 Å². The molecule has 0 aliphatic carbocycles. The summed E-state index contributed by atoms with van der Waals surface area (Å²) >= 11 is 0. The quantitative estimate of drug-likeness (QED) is 0.830. The second kappa shape index (κ2) is 6.57. The lowest BCUT2D eigenvalue weighted by Crippen LogP contribution is -2.26. The zero-order chi connectivity index (χ0) is 14.6. The summed E-state index contributed by atoms with van der Waals surface area (Å²) in [7, 11) is 3.52. The number of hydrogen-bond donors (Lipinski definition) is 2. The maximum absolute atomic E-state index is 10.9. The summed E-state index contributed by atoms with van der Waals surface area (Å²) in [6, 6.07) is 3.98. The van der Waals surface area contributed by atoms with Crippen LogP contribution < -0.4 is 10.1 Å². The highest BCUT2D eigenvalue weighted by molar-refractivity contribution is 5.67. The van der Waals surface area contributed by atoms with E-state index >= 15 is 0 Å². The van der Waals surface area contributed by atoms with E-state index in [2.05, 4.69) is 5.32 Å². The molecule has 0 heterocycles. The largest absolute Gasteiger partial charge is 0.496 e. The van der Waals surface area contributed by atoms with Gasteiger partial charge in [0.15, 0.2) is 0 Å². The van der Waals surface area contributed by atoms with Crippen molar-refractivity contribution in [1.29, 1.82) is 0 Å². The molecule has 0 fully saturated rings. The van der Waals surface area contributed by atoms with Gasteiger partial charge in [-0.15, -0.1) is 0 Å². The third-order valence-corrected chi connectivity index (χ3v) is 3.71. The van der Waals surface area contributed by atoms with Gasteiger partial charge in [0.05, 0.1) is 7.11 Å². The van der Waals surface area contributed by atoms with Crippen LogP contribution in [-0.2, 0) is 4.79 Å². The van der Waals surface area contributed by atoms with Gasteiger partial charge in [-0.05, 0) is 49.6 Å². The minimum Gasteiger partial charge on any atom is -0.496 e. The number of ether oxygens (including phenoxy) is 1. The average molecular weight is 265 g/mol. The molecule has 0 amide bonds. The Morgan fingerprint density at radius 3 is 2.47 bits per heavy atom. The van der Waals surface area contributed by atoms with Gasteiger partial charge in [-0.1, -0.05) is 13.0 Å². The van der Waals surface area contributed by atoms with Gasteiger partial charge in [0.25, 0.3) is 0 Å². The van der Waals surface area contributed by atoms with E-state index in [1.54, 1.807) is 7.11 Å². The number of hydrogen-bond acceptors (Lipinski definition) is 3. The zero-order valence-electron chi connectivity index (χ0n) is 12.3. The minimum atomic E-state index is -0.768. The molecule has 0 aromatic heterocycles. The summed E-state index contributed by atoms with van der Waals surface area (Å²) in [6.07, 6.45) is 0.149. The van der Waals surface area contributed by atoms with Crippen LogP contribution in [0.1, 0.15) is 36.1 Å². The first-order valence-corrected chi connectivity index (χ1v) is 6.45. The van der Waals surface area contributed by atoms with E-state index < -0.39 is 5.97 Å². The van der Waals surface area contributed by atoms with Crippen molar-refractivity contribution in [1.82, 2.24) is 5.32 Å². The lowest BCUT2D eigenvalue weighted by molar-refractivity contribution is -0.138. The number of methoxy groups -OCH3 is 1. The minimum absolute atomic E-state index is 0.0222. The predicted octanol–water partition coefficient (Wildman–Crippen LogP) is 2.68. The third kappa shape index (κ3) is 3.47. The van der Waals surface area contributed by atoms with Crippen LogP contribution in [0.25, 0.3) is 0 Å². The summed E-state index contributed by atoms with van der Waals surface area (Å²) in [4.78, 5) is 10.9. The fraction of sp³-hybridized carbons (Fsp3) is 0.533. The van der Waals surface area contributed by atoms with Gasteiger partial charge in [0, 0.05) is 12.5 Å². The first kappa shape index (κ1) is 15.5.